The van der Waals surface area contributed by atoms with Gasteiger partial charge in [0.25, 0.3) is 11.5 Å². The molecular weight excluding hydrogens is 416 g/mol. The minimum atomic E-state index is -0.411. The van der Waals surface area contributed by atoms with E-state index < -0.39 is 5.91 Å². The number of pyridine rings is 1. The number of hydrogen-bond donors (Lipinski definition) is 2. The van der Waals surface area contributed by atoms with E-state index in [4.69, 9.17) is 0 Å². The van der Waals surface area contributed by atoms with E-state index in [1.54, 1.807) is 48.8 Å². The number of nitrogens with one attached hydrogen (secondary N) is 2. The third-order valence-corrected chi connectivity index (χ3v) is 5.52. The third kappa shape index (κ3) is 6.42. The van der Waals surface area contributed by atoms with Crippen molar-refractivity contribution in [1.29, 1.82) is 0 Å². The Bertz CT molecular complexity index is 964. The van der Waals surface area contributed by atoms with Gasteiger partial charge >= 0.3 is 0 Å². The average Bonchev–Trinajstić information content (AvgIpc) is 2.72. The van der Waals surface area contributed by atoms with Crippen LogP contribution in [-0.4, -0.2) is 48.5 Å². The summed E-state index contributed by atoms with van der Waals surface area (Å²) in [6.45, 7) is 4.30. The summed E-state index contributed by atoms with van der Waals surface area (Å²) in [5.41, 5.74) is 2.03. The number of carbonyl (C=O) groups excluding carboxylic acids is 2. The van der Waals surface area contributed by atoms with Crippen LogP contribution in [0.25, 0.3) is 0 Å². The molecule has 0 radical (unpaired) electrons. The summed E-state index contributed by atoms with van der Waals surface area (Å²) < 4.78 is 1.65. The van der Waals surface area contributed by atoms with Crippen molar-refractivity contribution in [2.24, 2.45) is 5.92 Å². The van der Waals surface area contributed by atoms with E-state index in [-0.39, 0.29) is 29.4 Å². The number of aryl methyl sites for hydroxylation is 1. The SMILES string of the molecule is Cc1ccn(CC2CCCNC2)c(=O)c1C(=O)Nc1ccc(CC(=O)N(C)C)cc1.Cl. The molecule has 1 unspecified atom stereocenters. The number of rotatable bonds is 6. The molecule has 0 spiro atoms. The van der Waals surface area contributed by atoms with Crippen LogP contribution in [0.1, 0.15) is 34.3 Å². The van der Waals surface area contributed by atoms with Gasteiger partial charge < -0.3 is 20.1 Å². The number of piperidine rings is 1. The molecule has 7 nitrogen and oxygen atoms in total. The van der Waals surface area contributed by atoms with Gasteiger partial charge in [-0.15, -0.1) is 12.4 Å². The van der Waals surface area contributed by atoms with Gasteiger partial charge in [-0.05, 0) is 68.1 Å². The number of anilines is 1. The quantitative estimate of drug-likeness (QED) is 0.714. The average molecular weight is 447 g/mol. The predicted octanol–water partition coefficient (Wildman–Crippen LogP) is 2.46. The predicted molar refractivity (Wildman–Crippen MR) is 125 cm³/mol. The van der Waals surface area contributed by atoms with Crippen molar-refractivity contribution in [3.05, 3.63) is 63.6 Å². The molecule has 0 saturated carbocycles. The lowest BCUT2D eigenvalue weighted by Crippen LogP contribution is -2.36. The molecule has 2 N–H and O–H groups in total. The number of hydrogen-bond acceptors (Lipinski definition) is 4. The van der Waals surface area contributed by atoms with Crippen molar-refractivity contribution >= 4 is 29.9 Å². The Morgan fingerprint density at radius 1 is 1.19 bits per heavy atom. The van der Waals surface area contributed by atoms with Gasteiger partial charge in [-0.1, -0.05) is 12.1 Å². The summed E-state index contributed by atoms with van der Waals surface area (Å²) in [4.78, 5) is 39.2. The Labute approximate surface area is 189 Å². The van der Waals surface area contributed by atoms with Crippen LogP contribution >= 0.6 is 12.4 Å². The zero-order valence-corrected chi connectivity index (χ0v) is 19.1. The number of amides is 2. The number of benzene rings is 1. The lowest BCUT2D eigenvalue weighted by atomic mass is 9.99. The molecular formula is C23H31ClN4O3. The maximum absolute atomic E-state index is 13.0. The van der Waals surface area contributed by atoms with Crippen LogP contribution in [0.15, 0.2) is 41.3 Å². The van der Waals surface area contributed by atoms with Crippen molar-refractivity contribution in [2.45, 2.75) is 32.7 Å². The Kier molecular flexibility index (Phi) is 8.83. The van der Waals surface area contributed by atoms with E-state index in [2.05, 4.69) is 10.6 Å². The zero-order chi connectivity index (χ0) is 21.7. The largest absolute Gasteiger partial charge is 0.349 e. The molecule has 2 amide bonds. The molecule has 1 aromatic carbocycles. The van der Waals surface area contributed by atoms with Gasteiger partial charge in [0.2, 0.25) is 5.91 Å². The lowest BCUT2D eigenvalue weighted by Gasteiger charge is -2.23. The normalized spacial score (nSPS) is 15.6. The zero-order valence-electron chi connectivity index (χ0n) is 18.3. The highest BCUT2D eigenvalue weighted by Gasteiger charge is 2.19. The summed E-state index contributed by atoms with van der Waals surface area (Å²) in [6, 6.07) is 8.94. The van der Waals surface area contributed by atoms with E-state index in [0.717, 1.165) is 31.5 Å². The monoisotopic (exact) mass is 446 g/mol. The maximum atomic E-state index is 13.0. The van der Waals surface area contributed by atoms with Crippen LogP contribution in [0.4, 0.5) is 5.69 Å². The smallest absolute Gasteiger partial charge is 0.263 e. The van der Waals surface area contributed by atoms with E-state index >= 15 is 0 Å². The summed E-state index contributed by atoms with van der Waals surface area (Å²) in [5.74, 6) is -0.00126. The Balaban J connectivity index is 0.00000341. The fraction of sp³-hybridized carbons (Fsp3) is 0.435. The summed E-state index contributed by atoms with van der Waals surface area (Å²) >= 11 is 0. The molecule has 8 heteroatoms. The number of carbonyl (C=O) groups is 2. The summed E-state index contributed by atoms with van der Waals surface area (Å²) in [5, 5.41) is 6.17. The highest BCUT2D eigenvalue weighted by Crippen LogP contribution is 2.15. The van der Waals surface area contributed by atoms with Crippen LogP contribution in [0.5, 0.6) is 0 Å². The molecule has 1 aliphatic heterocycles. The fourth-order valence-corrected chi connectivity index (χ4v) is 3.68. The number of nitrogens with zero attached hydrogens (tertiary/aromatic N) is 2. The van der Waals surface area contributed by atoms with Crippen molar-refractivity contribution < 1.29 is 9.59 Å². The Morgan fingerprint density at radius 2 is 1.90 bits per heavy atom. The van der Waals surface area contributed by atoms with E-state index in [1.807, 2.05) is 18.2 Å². The van der Waals surface area contributed by atoms with Gasteiger partial charge in [-0.25, -0.2) is 0 Å². The highest BCUT2D eigenvalue weighted by atomic mass is 35.5. The minimum Gasteiger partial charge on any atom is -0.349 e. The summed E-state index contributed by atoms with van der Waals surface area (Å²) in [7, 11) is 3.44. The molecule has 2 aromatic rings. The van der Waals surface area contributed by atoms with Gasteiger partial charge in [-0.2, -0.15) is 0 Å². The lowest BCUT2D eigenvalue weighted by molar-refractivity contribution is -0.127. The molecule has 3 rings (SSSR count). The van der Waals surface area contributed by atoms with Crippen molar-refractivity contribution in [2.75, 3.05) is 32.5 Å². The number of halogens is 1. The van der Waals surface area contributed by atoms with Crippen molar-refractivity contribution in [1.82, 2.24) is 14.8 Å². The van der Waals surface area contributed by atoms with Crippen molar-refractivity contribution in [3.8, 4) is 0 Å². The maximum Gasteiger partial charge on any atom is 0.263 e. The molecule has 0 bridgehead atoms. The first-order valence-corrected chi connectivity index (χ1v) is 10.4. The van der Waals surface area contributed by atoms with Gasteiger partial charge in [0.15, 0.2) is 0 Å². The van der Waals surface area contributed by atoms with Crippen LogP contribution in [0.3, 0.4) is 0 Å². The standard InChI is InChI=1S/C23H30N4O3.ClH/c1-16-10-12-27(15-18-5-4-11-24-14-18)23(30)21(16)22(29)25-19-8-6-17(7-9-19)13-20(28)26(2)3;/h6-10,12,18,24H,4-5,11,13-15H2,1-3H3,(H,25,29);1H. The molecule has 1 aliphatic rings. The van der Waals surface area contributed by atoms with Gasteiger partial charge in [0, 0.05) is 32.5 Å². The second-order valence-electron chi connectivity index (χ2n) is 8.16. The molecule has 2 heterocycles. The second-order valence-corrected chi connectivity index (χ2v) is 8.16. The number of aromatic nitrogens is 1. The third-order valence-electron chi connectivity index (χ3n) is 5.52. The van der Waals surface area contributed by atoms with Crippen LogP contribution in [-0.2, 0) is 17.8 Å². The first-order chi connectivity index (χ1) is 14.3. The number of likely N-dealkylation sites (N-methyl/N-ethyl adjacent to an activating group) is 1. The van der Waals surface area contributed by atoms with Gasteiger partial charge in [-0.3, -0.25) is 14.4 Å². The van der Waals surface area contributed by atoms with Crippen LogP contribution in [0, 0.1) is 12.8 Å². The molecule has 31 heavy (non-hydrogen) atoms. The van der Waals surface area contributed by atoms with Gasteiger partial charge in [0.05, 0.1) is 6.42 Å². The van der Waals surface area contributed by atoms with Crippen LogP contribution in [0.2, 0.25) is 0 Å². The van der Waals surface area contributed by atoms with Crippen LogP contribution < -0.4 is 16.2 Å². The van der Waals surface area contributed by atoms with E-state index in [0.29, 0.717) is 30.1 Å². The van der Waals surface area contributed by atoms with Crippen molar-refractivity contribution in [3.63, 3.8) is 0 Å². The van der Waals surface area contributed by atoms with E-state index in [9.17, 15) is 14.4 Å². The Morgan fingerprint density at radius 3 is 2.52 bits per heavy atom. The molecule has 1 saturated heterocycles. The summed E-state index contributed by atoms with van der Waals surface area (Å²) in [6.07, 6.45) is 4.27. The molecule has 1 fully saturated rings. The highest BCUT2D eigenvalue weighted by molar-refractivity contribution is 6.05. The molecule has 0 aliphatic carbocycles. The molecule has 1 aromatic heterocycles. The van der Waals surface area contributed by atoms with Gasteiger partial charge in [0.1, 0.15) is 5.56 Å². The Hall–Kier alpha value is -2.64. The minimum absolute atomic E-state index is 0. The molecule has 168 valence electrons. The van der Waals surface area contributed by atoms with E-state index in [1.165, 1.54) is 0 Å². The first kappa shape index (κ1) is 24.6. The first-order valence-electron chi connectivity index (χ1n) is 10.4. The fourth-order valence-electron chi connectivity index (χ4n) is 3.68. The second kappa shape index (κ2) is 11.1. The molecule has 1 atom stereocenters. The topological polar surface area (TPSA) is 83.4 Å².